The monoisotopic (exact) mass is 320 g/mol. The van der Waals surface area contributed by atoms with E-state index in [-0.39, 0.29) is 5.91 Å². The van der Waals surface area contributed by atoms with Crippen molar-refractivity contribution in [3.63, 3.8) is 0 Å². The number of pyridine rings is 1. The Bertz CT molecular complexity index is 810. The Kier molecular flexibility index (Phi) is 4.42. The number of carbonyl (C=O) groups excluding carboxylic acids is 1. The molecule has 0 unspecified atom stereocenters. The molecule has 0 fully saturated rings. The third kappa shape index (κ3) is 3.20. The predicted molar refractivity (Wildman–Crippen MR) is 92.7 cm³/mol. The highest BCUT2D eigenvalue weighted by atomic mass is 16.2. The Labute approximate surface area is 141 Å². The molecule has 2 heterocycles. The molecule has 0 aliphatic rings. The highest BCUT2D eigenvalue weighted by Gasteiger charge is 2.29. The number of hydrogen-bond acceptors (Lipinski definition) is 3. The van der Waals surface area contributed by atoms with Gasteiger partial charge in [0.1, 0.15) is 12.1 Å². The average molecular weight is 320 g/mol. The third-order valence-electron chi connectivity index (χ3n) is 4.12. The normalized spacial score (nSPS) is 11.2. The van der Waals surface area contributed by atoms with Crippen LogP contribution in [0.25, 0.3) is 5.82 Å². The number of rotatable bonds is 5. The van der Waals surface area contributed by atoms with Gasteiger partial charge in [0.25, 0.3) is 0 Å². The lowest BCUT2D eigenvalue weighted by molar-refractivity contribution is -0.125. The summed E-state index contributed by atoms with van der Waals surface area (Å²) in [6, 6.07) is 13.6. The van der Waals surface area contributed by atoms with Crippen molar-refractivity contribution < 1.29 is 4.79 Å². The van der Waals surface area contributed by atoms with Crippen molar-refractivity contribution >= 4 is 5.91 Å². The van der Waals surface area contributed by atoms with Crippen LogP contribution in [-0.4, -0.2) is 20.4 Å². The molecule has 0 atom stereocenters. The zero-order valence-corrected chi connectivity index (χ0v) is 13.8. The first kappa shape index (κ1) is 15.9. The summed E-state index contributed by atoms with van der Waals surface area (Å²) >= 11 is 0. The third-order valence-corrected chi connectivity index (χ3v) is 4.12. The molecular weight excluding hydrogens is 300 g/mol. The second-order valence-electron chi connectivity index (χ2n) is 6.13. The van der Waals surface area contributed by atoms with Crippen LogP contribution in [0.5, 0.6) is 0 Å². The zero-order valence-electron chi connectivity index (χ0n) is 13.8. The van der Waals surface area contributed by atoms with Gasteiger partial charge >= 0.3 is 0 Å². The standard InChI is InChI=1S/C19H20N4O/c1-19(2,16-8-4-3-5-9-16)18(24)22-13-15-7-6-10-21-17(15)23-12-11-20-14-23/h3-12,14H,13H2,1-2H3,(H,22,24). The van der Waals surface area contributed by atoms with Crippen molar-refractivity contribution in [2.24, 2.45) is 0 Å². The molecule has 0 bridgehead atoms. The van der Waals surface area contributed by atoms with Crippen LogP contribution in [-0.2, 0) is 16.8 Å². The van der Waals surface area contributed by atoms with Crippen molar-refractivity contribution in [3.05, 3.63) is 78.5 Å². The summed E-state index contributed by atoms with van der Waals surface area (Å²) in [4.78, 5) is 21.1. The van der Waals surface area contributed by atoms with Crippen LogP contribution < -0.4 is 5.32 Å². The second kappa shape index (κ2) is 6.66. The molecule has 1 amide bonds. The fraction of sp³-hybridized carbons (Fsp3) is 0.211. The molecular formula is C19H20N4O. The lowest BCUT2D eigenvalue weighted by Crippen LogP contribution is -2.39. The van der Waals surface area contributed by atoms with Crippen LogP contribution in [0.3, 0.4) is 0 Å². The van der Waals surface area contributed by atoms with E-state index in [9.17, 15) is 4.79 Å². The van der Waals surface area contributed by atoms with Crippen molar-refractivity contribution in [2.75, 3.05) is 0 Å². The van der Waals surface area contributed by atoms with E-state index < -0.39 is 5.41 Å². The van der Waals surface area contributed by atoms with Gasteiger partial charge in [-0.3, -0.25) is 9.36 Å². The molecule has 5 nitrogen and oxygen atoms in total. The molecule has 1 N–H and O–H groups in total. The zero-order chi connectivity index (χ0) is 17.0. The van der Waals surface area contributed by atoms with Crippen molar-refractivity contribution in [1.82, 2.24) is 19.9 Å². The SMILES string of the molecule is CC(C)(C(=O)NCc1cccnc1-n1ccnc1)c1ccccc1. The van der Waals surface area contributed by atoms with E-state index in [1.165, 1.54) is 0 Å². The van der Waals surface area contributed by atoms with Crippen LogP contribution in [0.2, 0.25) is 0 Å². The maximum Gasteiger partial charge on any atom is 0.230 e. The summed E-state index contributed by atoms with van der Waals surface area (Å²) in [5, 5.41) is 3.03. The quantitative estimate of drug-likeness (QED) is 0.786. The first-order chi connectivity index (χ1) is 11.6. The van der Waals surface area contributed by atoms with Crippen molar-refractivity contribution in [1.29, 1.82) is 0 Å². The summed E-state index contributed by atoms with van der Waals surface area (Å²) < 4.78 is 1.84. The van der Waals surface area contributed by atoms with Gasteiger partial charge in [-0.05, 0) is 25.5 Å². The number of amides is 1. The van der Waals surface area contributed by atoms with Gasteiger partial charge in [0.05, 0.1) is 5.41 Å². The Morgan fingerprint density at radius 3 is 2.62 bits per heavy atom. The van der Waals surface area contributed by atoms with Crippen molar-refractivity contribution in [2.45, 2.75) is 25.8 Å². The lowest BCUT2D eigenvalue weighted by atomic mass is 9.84. The van der Waals surface area contributed by atoms with Gasteiger partial charge in [0.2, 0.25) is 5.91 Å². The highest BCUT2D eigenvalue weighted by molar-refractivity contribution is 5.87. The van der Waals surface area contributed by atoms with Gasteiger partial charge in [-0.15, -0.1) is 0 Å². The topological polar surface area (TPSA) is 59.8 Å². The maximum atomic E-state index is 12.7. The highest BCUT2D eigenvalue weighted by Crippen LogP contribution is 2.23. The maximum absolute atomic E-state index is 12.7. The first-order valence-electron chi connectivity index (χ1n) is 7.85. The molecule has 0 radical (unpaired) electrons. The lowest BCUT2D eigenvalue weighted by Gasteiger charge is -2.24. The van der Waals surface area contributed by atoms with E-state index >= 15 is 0 Å². The minimum absolute atomic E-state index is 0.0193. The molecule has 0 saturated heterocycles. The van der Waals surface area contributed by atoms with Gasteiger partial charge in [-0.1, -0.05) is 36.4 Å². The Morgan fingerprint density at radius 1 is 1.12 bits per heavy atom. The van der Waals surface area contributed by atoms with Crippen molar-refractivity contribution in [3.8, 4) is 5.82 Å². The molecule has 1 aromatic carbocycles. The number of nitrogens with zero attached hydrogens (tertiary/aromatic N) is 3. The largest absolute Gasteiger partial charge is 0.351 e. The van der Waals surface area contributed by atoms with Gasteiger partial charge in [-0.2, -0.15) is 0 Å². The van der Waals surface area contributed by atoms with E-state index in [1.54, 1.807) is 18.7 Å². The van der Waals surface area contributed by atoms with Gasteiger partial charge in [0, 0.05) is 30.7 Å². The van der Waals surface area contributed by atoms with E-state index in [1.807, 2.05) is 67.1 Å². The Hall–Kier alpha value is -2.95. The smallest absolute Gasteiger partial charge is 0.230 e. The predicted octanol–water partition coefficient (Wildman–Crippen LogP) is 2.86. The van der Waals surface area contributed by atoms with Gasteiger partial charge in [-0.25, -0.2) is 9.97 Å². The molecule has 2 aromatic heterocycles. The summed E-state index contributed by atoms with van der Waals surface area (Å²) in [5.74, 6) is 0.752. The number of imidazole rings is 1. The second-order valence-corrected chi connectivity index (χ2v) is 6.13. The molecule has 5 heteroatoms. The average Bonchev–Trinajstić information content (AvgIpc) is 3.15. The summed E-state index contributed by atoms with van der Waals surface area (Å²) in [6.45, 7) is 4.27. The van der Waals surface area contributed by atoms with E-state index in [0.717, 1.165) is 16.9 Å². The number of carbonyl (C=O) groups is 1. The number of nitrogens with one attached hydrogen (secondary N) is 1. The summed E-state index contributed by atoms with van der Waals surface area (Å²) in [6.07, 6.45) is 6.97. The first-order valence-corrected chi connectivity index (χ1v) is 7.85. The molecule has 122 valence electrons. The molecule has 0 spiro atoms. The molecule has 0 aliphatic heterocycles. The van der Waals surface area contributed by atoms with Crippen LogP contribution in [0.15, 0.2) is 67.4 Å². The number of benzene rings is 1. The van der Waals surface area contributed by atoms with Crippen LogP contribution in [0.4, 0.5) is 0 Å². The van der Waals surface area contributed by atoms with Gasteiger partial charge < -0.3 is 5.32 Å². The van der Waals surface area contributed by atoms with Crippen LogP contribution >= 0.6 is 0 Å². The Balaban J connectivity index is 1.76. The van der Waals surface area contributed by atoms with Crippen LogP contribution in [0, 0.1) is 0 Å². The van der Waals surface area contributed by atoms with Crippen LogP contribution in [0.1, 0.15) is 25.0 Å². The van der Waals surface area contributed by atoms with E-state index in [4.69, 9.17) is 0 Å². The molecule has 3 rings (SSSR count). The fourth-order valence-corrected chi connectivity index (χ4v) is 2.57. The number of hydrogen-bond donors (Lipinski definition) is 1. The number of aromatic nitrogens is 3. The minimum atomic E-state index is -0.599. The molecule has 0 saturated carbocycles. The summed E-state index contributed by atoms with van der Waals surface area (Å²) in [5.41, 5.74) is 1.33. The molecule has 0 aliphatic carbocycles. The molecule has 24 heavy (non-hydrogen) atoms. The minimum Gasteiger partial charge on any atom is -0.351 e. The summed E-state index contributed by atoms with van der Waals surface area (Å²) in [7, 11) is 0. The van der Waals surface area contributed by atoms with Gasteiger partial charge in [0.15, 0.2) is 0 Å². The molecule has 3 aromatic rings. The fourth-order valence-electron chi connectivity index (χ4n) is 2.57. The van der Waals surface area contributed by atoms with E-state index in [0.29, 0.717) is 6.54 Å². The van der Waals surface area contributed by atoms with E-state index in [2.05, 4.69) is 15.3 Å². The Morgan fingerprint density at radius 2 is 1.92 bits per heavy atom.